The zero-order valence-corrected chi connectivity index (χ0v) is 22.6. The van der Waals surface area contributed by atoms with E-state index in [1.54, 1.807) is 85.8 Å². The maximum absolute atomic E-state index is 14.2. The predicted molar refractivity (Wildman–Crippen MR) is 150 cm³/mol. The van der Waals surface area contributed by atoms with Gasteiger partial charge in [0, 0.05) is 29.4 Å². The number of hydrogen-bond donors (Lipinski definition) is 0. The number of carboxylic acid groups (broad SMARTS) is 1. The lowest BCUT2D eigenvalue weighted by atomic mass is 9.76. The summed E-state index contributed by atoms with van der Waals surface area (Å²) in [6, 6.07) is 34.2. The van der Waals surface area contributed by atoms with Gasteiger partial charge in [0.25, 0.3) is 5.91 Å². The molecule has 1 aliphatic heterocycles. The maximum atomic E-state index is 14.2. The van der Waals surface area contributed by atoms with Gasteiger partial charge < -0.3 is 19.4 Å². The van der Waals surface area contributed by atoms with Crippen LogP contribution < -0.4 is 9.84 Å². The van der Waals surface area contributed by atoms with E-state index in [4.69, 9.17) is 9.47 Å². The summed E-state index contributed by atoms with van der Waals surface area (Å²) in [5, 5.41) is 12.6. The number of rotatable bonds is 10. The van der Waals surface area contributed by atoms with E-state index in [1.807, 2.05) is 36.4 Å². The van der Waals surface area contributed by atoms with E-state index in [2.05, 4.69) is 0 Å². The van der Waals surface area contributed by atoms with Gasteiger partial charge in [-0.15, -0.1) is 0 Å². The topological polar surface area (TPSA) is 96.0 Å². The maximum Gasteiger partial charge on any atom is 0.335 e. The summed E-state index contributed by atoms with van der Waals surface area (Å²) < 4.78 is 11.8. The molecule has 3 atom stereocenters. The highest BCUT2D eigenvalue weighted by Gasteiger charge is 2.61. The lowest BCUT2D eigenvalue weighted by Gasteiger charge is -2.42. The number of nitrogens with zero attached hydrogens (tertiary/aromatic N) is 1. The number of hydrogen-bond acceptors (Lipinski definition) is 6. The summed E-state index contributed by atoms with van der Waals surface area (Å²) in [5.41, 5.74) is 0.686. The number of carbonyl (C=O) groups is 3. The summed E-state index contributed by atoms with van der Waals surface area (Å²) in [4.78, 5) is 42.0. The second kappa shape index (κ2) is 12.1. The SMILES string of the molecule is CCC(C(=O)[O-])C1(Cc2ccc(OCc3ccccc3)cc2)C(=O)OC(c2ccccc2)N1C(=O)c1ccccc1. The molecule has 1 heterocycles. The Morgan fingerprint density at radius 2 is 1.44 bits per heavy atom. The molecule has 0 aromatic heterocycles. The Morgan fingerprint density at radius 1 is 0.854 bits per heavy atom. The molecule has 0 N–H and O–H groups in total. The fourth-order valence-corrected chi connectivity index (χ4v) is 5.45. The van der Waals surface area contributed by atoms with Crippen molar-refractivity contribution in [2.24, 2.45) is 5.92 Å². The first-order valence-corrected chi connectivity index (χ1v) is 13.5. The quantitative estimate of drug-likeness (QED) is 0.266. The lowest BCUT2D eigenvalue weighted by Crippen LogP contribution is -2.62. The number of cyclic esters (lactones) is 1. The normalized spacial score (nSPS) is 18.9. The third-order valence-corrected chi connectivity index (χ3v) is 7.48. The first kappa shape index (κ1) is 27.6. The average Bonchev–Trinajstić information content (AvgIpc) is 3.29. The first-order valence-electron chi connectivity index (χ1n) is 13.5. The fourth-order valence-electron chi connectivity index (χ4n) is 5.45. The van der Waals surface area contributed by atoms with Gasteiger partial charge in [-0.1, -0.05) is 97.9 Å². The smallest absolute Gasteiger partial charge is 0.335 e. The second-order valence-electron chi connectivity index (χ2n) is 10.0. The van der Waals surface area contributed by atoms with Crippen LogP contribution in [0.2, 0.25) is 0 Å². The van der Waals surface area contributed by atoms with Crippen molar-refractivity contribution in [3.8, 4) is 5.75 Å². The van der Waals surface area contributed by atoms with E-state index in [-0.39, 0.29) is 12.8 Å². The molecule has 0 spiro atoms. The highest BCUT2D eigenvalue weighted by atomic mass is 16.6. The summed E-state index contributed by atoms with van der Waals surface area (Å²) in [6.07, 6.45) is -1.15. The predicted octanol–water partition coefficient (Wildman–Crippen LogP) is 4.72. The van der Waals surface area contributed by atoms with Crippen LogP contribution in [0.15, 0.2) is 115 Å². The number of carbonyl (C=O) groups excluding carboxylic acids is 3. The van der Waals surface area contributed by atoms with Gasteiger partial charge in [-0.2, -0.15) is 0 Å². The van der Waals surface area contributed by atoms with Crippen LogP contribution in [0.1, 0.15) is 46.6 Å². The molecule has 208 valence electrons. The van der Waals surface area contributed by atoms with Gasteiger partial charge in [0.2, 0.25) is 6.23 Å². The second-order valence-corrected chi connectivity index (χ2v) is 10.0. The van der Waals surface area contributed by atoms with Crippen molar-refractivity contribution < 1.29 is 29.0 Å². The number of benzene rings is 4. The van der Waals surface area contributed by atoms with Crippen LogP contribution in [0.5, 0.6) is 5.75 Å². The molecule has 1 saturated heterocycles. The molecule has 1 amide bonds. The van der Waals surface area contributed by atoms with Gasteiger partial charge in [0.15, 0.2) is 5.54 Å². The molecule has 7 nitrogen and oxygen atoms in total. The number of ether oxygens (including phenoxy) is 2. The Bertz CT molecular complexity index is 1490. The zero-order chi connectivity index (χ0) is 28.8. The minimum absolute atomic E-state index is 0.0514. The van der Waals surface area contributed by atoms with E-state index in [0.717, 1.165) is 5.56 Å². The van der Waals surface area contributed by atoms with Crippen LogP contribution in [-0.4, -0.2) is 28.3 Å². The van der Waals surface area contributed by atoms with Gasteiger partial charge in [-0.25, -0.2) is 4.79 Å². The van der Waals surface area contributed by atoms with Crippen molar-refractivity contribution in [3.05, 3.63) is 138 Å². The third-order valence-electron chi connectivity index (χ3n) is 7.48. The molecule has 4 aromatic carbocycles. The molecule has 4 aromatic rings. The van der Waals surface area contributed by atoms with Gasteiger partial charge >= 0.3 is 5.97 Å². The average molecular weight is 549 g/mol. The molecule has 7 heteroatoms. The highest BCUT2D eigenvalue weighted by Crippen LogP contribution is 2.46. The third kappa shape index (κ3) is 5.57. The molecular weight excluding hydrogens is 518 g/mol. The molecule has 0 aliphatic carbocycles. The number of aliphatic carboxylic acids is 1. The molecule has 1 fully saturated rings. The largest absolute Gasteiger partial charge is 0.550 e. The fraction of sp³-hybridized carbons (Fsp3) is 0.206. The summed E-state index contributed by atoms with van der Waals surface area (Å²) >= 11 is 0. The van der Waals surface area contributed by atoms with E-state index in [1.165, 1.54) is 4.90 Å². The Hall–Kier alpha value is -4.91. The number of esters is 1. The Morgan fingerprint density at radius 3 is 2.02 bits per heavy atom. The molecule has 5 rings (SSSR count). The Labute approximate surface area is 239 Å². The van der Waals surface area contributed by atoms with Crippen molar-refractivity contribution in [1.29, 1.82) is 0 Å². The van der Waals surface area contributed by atoms with Gasteiger partial charge in [-0.3, -0.25) is 9.69 Å². The number of carboxylic acids is 1. The molecule has 3 unspecified atom stereocenters. The van der Waals surface area contributed by atoms with Crippen molar-refractivity contribution in [2.45, 2.75) is 38.1 Å². The van der Waals surface area contributed by atoms with E-state index in [9.17, 15) is 19.5 Å². The van der Waals surface area contributed by atoms with E-state index >= 15 is 0 Å². The van der Waals surface area contributed by atoms with E-state index < -0.39 is 35.5 Å². The van der Waals surface area contributed by atoms with Crippen LogP contribution in [0.4, 0.5) is 0 Å². The standard InChI is InChI=1S/C34H31NO6/c1-2-29(32(37)38)34(22-24-18-20-28(21-19-24)40-23-25-12-6-3-7-13-25)33(39)41-31(27-16-10-5-11-17-27)35(34)30(36)26-14-8-4-9-15-26/h3-21,29,31H,2,22-23H2,1H3,(H,37,38)/p-1. The summed E-state index contributed by atoms with van der Waals surface area (Å²) in [5.74, 6) is -3.42. The zero-order valence-electron chi connectivity index (χ0n) is 22.6. The van der Waals surface area contributed by atoms with Crippen molar-refractivity contribution in [3.63, 3.8) is 0 Å². The highest BCUT2D eigenvalue weighted by molar-refractivity contribution is 6.01. The van der Waals surface area contributed by atoms with E-state index in [0.29, 0.717) is 29.0 Å². The lowest BCUT2D eigenvalue weighted by molar-refractivity contribution is -0.314. The van der Waals surface area contributed by atoms with Gasteiger partial charge in [-0.05, 0) is 41.8 Å². The Kier molecular flexibility index (Phi) is 8.15. The van der Waals surface area contributed by atoms with Crippen LogP contribution in [0.3, 0.4) is 0 Å². The van der Waals surface area contributed by atoms with Crippen molar-refractivity contribution >= 4 is 17.8 Å². The minimum Gasteiger partial charge on any atom is -0.550 e. The molecule has 0 bridgehead atoms. The van der Waals surface area contributed by atoms with Crippen molar-refractivity contribution in [2.75, 3.05) is 0 Å². The molecule has 41 heavy (non-hydrogen) atoms. The van der Waals surface area contributed by atoms with Crippen LogP contribution in [0.25, 0.3) is 0 Å². The first-order chi connectivity index (χ1) is 19.9. The number of amides is 1. The molecule has 0 radical (unpaired) electrons. The monoisotopic (exact) mass is 548 g/mol. The van der Waals surface area contributed by atoms with Gasteiger partial charge in [0.1, 0.15) is 12.4 Å². The van der Waals surface area contributed by atoms with Gasteiger partial charge in [0.05, 0.1) is 0 Å². The summed E-state index contributed by atoms with van der Waals surface area (Å²) in [6.45, 7) is 2.05. The minimum atomic E-state index is -1.85. The molecule has 0 saturated carbocycles. The summed E-state index contributed by atoms with van der Waals surface area (Å²) in [7, 11) is 0. The van der Waals surface area contributed by atoms with Crippen LogP contribution in [-0.2, 0) is 27.4 Å². The molecule has 1 aliphatic rings. The van der Waals surface area contributed by atoms with Crippen molar-refractivity contribution in [1.82, 2.24) is 4.90 Å². The molecular formula is C34H30NO6-. The van der Waals surface area contributed by atoms with Crippen LogP contribution >= 0.6 is 0 Å². The Balaban J connectivity index is 1.55. The van der Waals surface area contributed by atoms with Crippen LogP contribution in [0, 0.1) is 5.92 Å².